The zero-order valence-electron chi connectivity index (χ0n) is 22.9. The van der Waals surface area contributed by atoms with E-state index in [1.54, 1.807) is 0 Å². The lowest BCUT2D eigenvalue weighted by molar-refractivity contribution is -0.218. The molecule has 210 valence electrons. The fraction of sp³-hybridized carbons (Fsp3) is 0.958. The molecule has 11 nitrogen and oxygen atoms in total. The molecule has 0 saturated carbocycles. The van der Waals surface area contributed by atoms with Gasteiger partial charge in [0.2, 0.25) is 0 Å². The Bertz CT molecular complexity index is 751. The average Bonchev–Trinajstić information content (AvgIpc) is 3.49. The summed E-state index contributed by atoms with van der Waals surface area (Å²) in [4.78, 5) is 12.7. The number of esters is 1. The lowest BCUT2D eigenvalue weighted by Gasteiger charge is -2.41. The molecular weight excluding hydrogens is 492 g/mol. The van der Waals surface area contributed by atoms with Gasteiger partial charge in [-0.05, 0) is 32.0 Å². The maximum Gasteiger partial charge on any atom is 0.314 e. The molecule has 3 heterocycles. The van der Waals surface area contributed by atoms with Crippen molar-refractivity contribution in [3.8, 4) is 0 Å². The van der Waals surface area contributed by atoms with Crippen molar-refractivity contribution in [1.82, 2.24) is 0 Å². The maximum absolute atomic E-state index is 12.7. The molecule has 3 aliphatic heterocycles. The number of rotatable bonds is 12. The Balaban J connectivity index is 1.81. The van der Waals surface area contributed by atoms with Crippen LogP contribution in [0.4, 0.5) is 0 Å². The number of hydrogen-bond acceptors (Lipinski definition) is 11. The third-order valence-electron chi connectivity index (χ3n) is 7.49. The van der Waals surface area contributed by atoms with Crippen molar-refractivity contribution in [2.75, 3.05) is 27.6 Å². The van der Waals surface area contributed by atoms with Crippen LogP contribution in [-0.4, -0.2) is 107 Å². The topological polar surface area (TPSA) is 135 Å². The summed E-state index contributed by atoms with van der Waals surface area (Å²) >= 11 is 0. The van der Waals surface area contributed by atoms with Crippen molar-refractivity contribution in [2.24, 2.45) is 5.92 Å². The Kier molecular flexibility index (Phi) is 9.30. The number of methoxy groups -OCH3 is 2. The van der Waals surface area contributed by atoms with Crippen molar-refractivity contribution in [2.45, 2.75) is 114 Å². The number of aliphatic hydroxyl groups excluding tert-OH is 2. The minimum Gasteiger partial charge on any atom is -0.469 e. The fourth-order valence-electron chi connectivity index (χ4n) is 4.46. The predicted octanol–water partition coefficient (Wildman–Crippen LogP) is 1.54. The van der Waals surface area contributed by atoms with Crippen molar-refractivity contribution in [3.05, 3.63) is 0 Å². The van der Waals surface area contributed by atoms with E-state index in [1.807, 2.05) is 13.8 Å². The quantitative estimate of drug-likeness (QED) is 0.163. The number of carbonyl (C=O) groups excluding carboxylic acids is 1. The molecule has 0 unspecified atom stereocenters. The number of aliphatic hydroxyl groups is 2. The van der Waals surface area contributed by atoms with Gasteiger partial charge in [0.25, 0.3) is 0 Å². The van der Waals surface area contributed by atoms with Crippen molar-refractivity contribution >= 4 is 14.3 Å². The number of hydrogen-bond donors (Lipinski definition) is 2. The van der Waals surface area contributed by atoms with Crippen molar-refractivity contribution in [3.63, 3.8) is 0 Å². The first-order valence-corrected chi connectivity index (χ1v) is 15.4. The monoisotopic (exact) mass is 536 g/mol. The van der Waals surface area contributed by atoms with Crippen LogP contribution in [0.3, 0.4) is 0 Å². The van der Waals surface area contributed by atoms with Gasteiger partial charge in [-0.1, -0.05) is 20.8 Å². The zero-order chi connectivity index (χ0) is 27.1. The van der Waals surface area contributed by atoms with Crippen molar-refractivity contribution < 1.29 is 52.6 Å². The van der Waals surface area contributed by atoms with E-state index in [9.17, 15) is 15.0 Å². The highest BCUT2D eigenvalue weighted by atomic mass is 28.4. The second-order valence-electron chi connectivity index (χ2n) is 11.7. The van der Waals surface area contributed by atoms with Gasteiger partial charge in [0.05, 0.1) is 32.0 Å². The third kappa shape index (κ3) is 6.66. The summed E-state index contributed by atoms with van der Waals surface area (Å²) < 4.78 is 45.7. The van der Waals surface area contributed by atoms with Crippen LogP contribution in [0, 0.1) is 5.92 Å². The van der Waals surface area contributed by atoms with Gasteiger partial charge >= 0.3 is 5.97 Å². The normalized spacial score (nSPS) is 33.0. The molecule has 3 rings (SSSR count). The van der Waals surface area contributed by atoms with Crippen LogP contribution in [0.1, 0.15) is 41.0 Å². The maximum atomic E-state index is 12.7. The zero-order valence-corrected chi connectivity index (χ0v) is 23.9. The van der Waals surface area contributed by atoms with E-state index in [-0.39, 0.29) is 18.3 Å². The average molecular weight is 537 g/mol. The number of fused-ring (bicyclic) bond motifs is 1. The van der Waals surface area contributed by atoms with Gasteiger partial charge in [-0.3, -0.25) is 4.79 Å². The highest BCUT2D eigenvalue weighted by Crippen LogP contribution is 2.45. The third-order valence-corrected chi connectivity index (χ3v) is 12.0. The van der Waals surface area contributed by atoms with Gasteiger partial charge in [0.1, 0.15) is 37.1 Å². The van der Waals surface area contributed by atoms with E-state index in [4.69, 9.17) is 37.6 Å². The van der Waals surface area contributed by atoms with Crippen LogP contribution in [-0.2, 0) is 42.4 Å². The lowest BCUT2D eigenvalue weighted by atomic mass is 9.87. The molecule has 0 aromatic carbocycles. The van der Waals surface area contributed by atoms with E-state index in [1.165, 1.54) is 14.2 Å². The lowest BCUT2D eigenvalue weighted by Crippen LogP contribution is -2.52. The Labute approximate surface area is 214 Å². The number of carbonyl (C=O) groups is 1. The highest BCUT2D eigenvalue weighted by molar-refractivity contribution is 6.74. The van der Waals surface area contributed by atoms with Gasteiger partial charge in [-0.15, -0.1) is 0 Å². The van der Waals surface area contributed by atoms with E-state index < -0.39 is 75.0 Å². The van der Waals surface area contributed by atoms with Crippen LogP contribution in [0.5, 0.6) is 0 Å². The number of epoxide rings is 1. The van der Waals surface area contributed by atoms with Gasteiger partial charge in [-0.2, -0.15) is 0 Å². The molecule has 12 heteroatoms. The van der Waals surface area contributed by atoms with Gasteiger partial charge in [-0.25, -0.2) is 0 Å². The largest absolute Gasteiger partial charge is 0.469 e. The minimum absolute atomic E-state index is 0.0151. The molecule has 3 fully saturated rings. The second-order valence-corrected chi connectivity index (χ2v) is 16.5. The molecule has 0 radical (unpaired) electrons. The molecule has 0 aliphatic carbocycles. The molecule has 9 atom stereocenters. The minimum atomic E-state index is -2.27. The molecule has 3 saturated heterocycles. The van der Waals surface area contributed by atoms with E-state index in [0.717, 1.165) is 0 Å². The van der Waals surface area contributed by atoms with Crippen LogP contribution >= 0.6 is 0 Å². The summed E-state index contributed by atoms with van der Waals surface area (Å²) in [5.74, 6) is -2.92. The fourth-order valence-corrected chi connectivity index (χ4v) is 5.78. The molecule has 3 aliphatic rings. The molecule has 0 bridgehead atoms. The van der Waals surface area contributed by atoms with Crippen LogP contribution < -0.4 is 0 Å². The van der Waals surface area contributed by atoms with E-state index >= 15 is 0 Å². The summed E-state index contributed by atoms with van der Waals surface area (Å²) in [5.41, 5.74) is 0. The summed E-state index contributed by atoms with van der Waals surface area (Å²) in [6.45, 7) is 14.6. The van der Waals surface area contributed by atoms with Gasteiger partial charge in [0, 0.05) is 13.5 Å². The Morgan fingerprint density at radius 2 is 1.81 bits per heavy atom. The van der Waals surface area contributed by atoms with Gasteiger partial charge in [0.15, 0.2) is 20.4 Å². The molecule has 36 heavy (non-hydrogen) atoms. The predicted molar refractivity (Wildman–Crippen MR) is 129 cm³/mol. The summed E-state index contributed by atoms with van der Waals surface area (Å²) in [5, 5.41) is 22.3. The van der Waals surface area contributed by atoms with Crippen LogP contribution in [0.2, 0.25) is 18.1 Å². The molecule has 0 aromatic heterocycles. The number of ether oxygens (including phenoxy) is 7. The standard InChI is InChI=1S/C24H44O11Si/c1-23(2,3)36(8,9)35-19-14(32-22-20(19)33-24(4,5)34-22)10-13(25)16(21(27)29-7)17(26)18(15-11-30-15)31-12-28-6/h13-20,22,25-26H,10-12H2,1-9H3/t13-,14-,15+,16+,17-,18-,19+,20-,22-/m1/s1. The van der Waals surface area contributed by atoms with Crippen LogP contribution in [0.15, 0.2) is 0 Å². The van der Waals surface area contributed by atoms with Crippen LogP contribution in [0.25, 0.3) is 0 Å². The first-order valence-electron chi connectivity index (χ1n) is 12.5. The van der Waals surface area contributed by atoms with Gasteiger partial charge < -0.3 is 47.8 Å². The van der Waals surface area contributed by atoms with E-state index in [2.05, 4.69) is 33.9 Å². The Morgan fingerprint density at radius 1 is 1.17 bits per heavy atom. The first kappa shape index (κ1) is 29.9. The SMILES string of the molecule is COCO[C@@H]([C@H](O)[C@@H](C(=O)OC)[C@H](O)C[C@H]1O[C@@H]2OC(C)(C)O[C@@H]2[C@H]1O[Si](C)(C)C(C)(C)C)[C@@H]1CO1. The summed E-state index contributed by atoms with van der Waals surface area (Å²) in [6.07, 6.45) is -6.38. The smallest absolute Gasteiger partial charge is 0.314 e. The van der Waals surface area contributed by atoms with E-state index in [0.29, 0.717) is 6.61 Å². The summed E-state index contributed by atoms with van der Waals surface area (Å²) in [7, 11) is 0.381. The summed E-state index contributed by atoms with van der Waals surface area (Å²) in [6, 6.07) is 0. The Hall–Kier alpha value is -0.673. The molecule has 0 spiro atoms. The molecule has 2 N–H and O–H groups in total. The second kappa shape index (κ2) is 11.2. The Morgan fingerprint density at radius 3 is 2.33 bits per heavy atom. The highest BCUT2D eigenvalue weighted by Gasteiger charge is 2.58. The molecular formula is C24H44O11Si. The van der Waals surface area contributed by atoms with Crippen molar-refractivity contribution in [1.29, 1.82) is 0 Å². The molecule has 0 amide bonds. The molecule has 0 aromatic rings. The first-order chi connectivity index (χ1) is 16.6.